The first-order valence-corrected chi connectivity index (χ1v) is 8.25. The minimum atomic E-state index is -0.413. The predicted molar refractivity (Wildman–Crippen MR) is 89.2 cm³/mol. The highest BCUT2D eigenvalue weighted by Crippen LogP contribution is 2.47. The van der Waals surface area contributed by atoms with Crippen molar-refractivity contribution in [3.63, 3.8) is 0 Å². The highest BCUT2D eigenvalue weighted by Gasteiger charge is 2.34. The van der Waals surface area contributed by atoms with Gasteiger partial charge in [-0.25, -0.2) is 4.79 Å². The van der Waals surface area contributed by atoms with E-state index in [2.05, 4.69) is 6.08 Å². The molecule has 0 spiro atoms. The van der Waals surface area contributed by atoms with Gasteiger partial charge in [0.15, 0.2) is 5.06 Å². The average molecular weight is 328 g/mol. The Morgan fingerprint density at radius 2 is 2.09 bits per heavy atom. The Balaban J connectivity index is 2.01. The van der Waals surface area contributed by atoms with E-state index in [0.29, 0.717) is 5.56 Å². The first kappa shape index (κ1) is 14.3. The number of hydrogen-bond acceptors (Lipinski definition) is 5. The maximum Gasteiger partial charge on any atom is 0.339 e. The fourth-order valence-electron chi connectivity index (χ4n) is 3.00. The third-order valence-corrected chi connectivity index (χ3v) is 4.98. The minimum absolute atomic E-state index is 0.265. The number of benzene rings is 1. The largest absolute Gasteiger partial charge is 0.487 e. The zero-order valence-electron chi connectivity index (χ0n) is 13.1. The Morgan fingerprint density at radius 3 is 2.87 bits per heavy atom. The molecule has 1 aromatic carbocycles. The molecule has 4 rings (SSSR count). The van der Waals surface area contributed by atoms with Crippen LogP contribution in [-0.4, -0.2) is 18.7 Å². The molecule has 4 nitrogen and oxygen atoms in total. The zero-order chi connectivity index (χ0) is 16.2. The monoisotopic (exact) mass is 328 g/mol. The van der Waals surface area contributed by atoms with Crippen molar-refractivity contribution in [1.29, 1.82) is 0 Å². The van der Waals surface area contributed by atoms with Gasteiger partial charge in [0.2, 0.25) is 0 Å². The van der Waals surface area contributed by atoms with Crippen molar-refractivity contribution in [2.75, 3.05) is 7.11 Å². The van der Waals surface area contributed by atoms with E-state index in [4.69, 9.17) is 14.2 Å². The average Bonchev–Trinajstić information content (AvgIpc) is 3.12. The van der Waals surface area contributed by atoms with Crippen LogP contribution in [0.1, 0.15) is 35.3 Å². The van der Waals surface area contributed by atoms with Crippen molar-refractivity contribution in [1.82, 2.24) is 0 Å². The molecule has 2 aliphatic heterocycles. The number of carbonyl (C=O) groups excluding carboxylic acids is 1. The van der Waals surface area contributed by atoms with Crippen LogP contribution in [0.2, 0.25) is 0 Å². The summed E-state index contributed by atoms with van der Waals surface area (Å²) in [5, 5.41) is 2.79. The predicted octanol–water partition coefficient (Wildman–Crippen LogP) is 4.28. The maximum absolute atomic E-state index is 12.1. The Kier molecular flexibility index (Phi) is 3.03. The van der Waals surface area contributed by atoms with E-state index in [1.165, 1.54) is 11.3 Å². The van der Waals surface area contributed by atoms with Gasteiger partial charge in [0.1, 0.15) is 18.0 Å². The van der Waals surface area contributed by atoms with Crippen LogP contribution in [0.25, 0.3) is 17.2 Å². The van der Waals surface area contributed by atoms with Crippen molar-refractivity contribution in [2.24, 2.45) is 0 Å². The number of carbonyl (C=O) groups is 1. The Bertz CT molecular complexity index is 845. The van der Waals surface area contributed by atoms with Crippen LogP contribution < -0.4 is 9.47 Å². The summed E-state index contributed by atoms with van der Waals surface area (Å²) in [6.45, 7) is 4.25. The molecule has 0 fully saturated rings. The molecule has 0 saturated heterocycles. The molecule has 0 unspecified atom stereocenters. The number of esters is 1. The number of methoxy groups -OCH3 is 1. The summed E-state index contributed by atoms with van der Waals surface area (Å²) < 4.78 is 16.8. The van der Waals surface area contributed by atoms with E-state index in [0.717, 1.165) is 33.1 Å². The molecule has 0 N–H and O–H groups in total. The summed E-state index contributed by atoms with van der Waals surface area (Å²) in [4.78, 5) is 12.1. The van der Waals surface area contributed by atoms with Gasteiger partial charge in [-0.05, 0) is 43.0 Å². The second-order valence-corrected chi connectivity index (χ2v) is 7.01. The molecule has 0 saturated carbocycles. The minimum Gasteiger partial charge on any atom is -0.487 e. The van der Waals surface area contributed by atoms with Crippen LogP contribution >= 0.6 is 11.3 Å². The van der Waals surface area contributed by atoms with Crippen LogP contribution in [0.5, 0.6) is 10.8 Å². The van der Waals surface area contributed by atoms with Gasteiger partial charge in [-0.15, -0.1) is 11.3 Å². The summed E-state index contributed by atoms with van der Waals surface area (Å²) in [5.41, 5.74) is 3.87. The third-order valence-electron chi connectivity index (χ3n) is 4.11. The standard InChI is InChI=1S/C18H16O4S/c1-18(2)6-4-10-12(11-5-7-23-17(11)20-3)8-13-14(15(10)22-18)9-21-16(13)19/h4-8H,9H2,1-3H3. The number of thiophene rings is 1. The summed E-state index contributed by atoms with van der Waals surface area (Å²) in [7, 11) is 1.65. The smallest absolute Gasteiger partial charge is 0.339 e. The molecule has 0 amide bonds. The fraction of sp³-hybridized carbons (Fsp3) is 0.278. The van der Waals surface area contributed by atoms with Crippen LogP contribution in [0.15, 0.2) is 23.6 Å². The quantitative estimate of drug-likeness (QED) is 0.772. The van der Waals surface area contributed by atoms with Gasteiger partial charge in [-0.2, -0.15) is 0 Å². The van der Waals surface area contributed by atoms with E-state index in [1.807, 2.05) is 37.4 Å². The Morgan fingerprint density at radius 1 is 1.26 bits per heavy atom. The summed E-state index contributed by atoms with van der Waals surface area (Å²) in [6, 6.07) is 3.89. The molecule has 1 aromatic heterocycles. The van der Waals surface area contributed by atoms with Crippen LogP contribution in [0.3, 0.4) is 0 Å². The van der Waals surface area contributed by atoms with Crippen molar-refractivity contribution in [2.45, 2.75) is 26.1 Å². The molecule has 0 radical (unpaired) electrons. The lowest BCUT2D eigenvalue weighted by atomic mass is 9.91. The second kappa shape index (κ2) is 4.86. The summed E-state index contributed by atoms with van der Waals surface area (Å²) >= 11 is 1.53. The maximum atomic E-state index is 12.1. The second-order valence-electron chi connectivity index (χ2n) is 6.13. The van der Waals surface area contributed by atoms with Gasteiger partial charge in [0.25, 0.3) is 0 Å². The van der Waals surface area contributed by atoms with Crippen LogP contribution in [0.4, 0.5) is 0 Å². The number of cyclic esters (lactones) is 1. The molecule has 5 heteroatoms. The third kappa shape index (κ3) is 2.15. The van der Waals surface area contributed by atoms with Crippen molar-refractivity contribution in [3.05, 3.63) is 40.3 Å². The highest BCUT2D eigenvalue weighted by atomic mass is 32.1. The first-order valence-electron chi connectivity index (χ1n) is 7.37. The molecule has 2 aliphatic rings. The number of hydrogen-bond donors (Lipinski definition) is 0. The number of ether oxygens (including phenoxy) is 3. The number of rotatable bonds is 2. The van der Waals surface area contributed by atoms with E-state index >= 15 is 0 Å². The van der Waals surface area contributed by atoms with Gasteiger partial charge in [0, 0.05) is 16.7 Å². The first-order chi connectivity index (χ1) is 11.0. The molecule has 0 aliphatic carbocycles. The van der Waals surface area contributed by atoms with Gasteiger partial charge in [-0.1, -0.05) is 6.08 Å². The molecule has 0 bridgehead atoms. The molecule has 2 aromatic rings. The van der Waals surface area contributed by atoms with Gasteiger partial charge >= 0.3 is 5.97 Å². The SMILES string of the molecule is COc1sccc1-c1cc2c(c3c1C=CC(C)(C)O3)COC2=O. The van der Waals surface area contributed by atoms with Crippen molar-refractivity contribution in [3.8, 4) is 21.9 Å². The normalized spacial score (nSPS) is 17.3. The lowest BCUT2D eigenvalue weighted by Gasteiger charge is -2.30. The van der Waals surface area contributed by atoms with Crippen LogP contribution in [-0.2, 0) is 11.3 Å². The molecule has 118 valence electrons. The highest BCUT2D eigenvalue weighted by molar-refractivity contribution is 7.12. The van der Waals surface area contributed by atoms with Gasteiger partial charge < -0.3 is 14.2 Å². The van der Waals surface area contributed by atoms with E-state index in [-0.39, 0.29) is 12.6 Å². The Hall–Kier alpha value is -2.27. The number of fused-ring (bicyclic) bond motifs is 3. The molecular formula is C18H16O4S. The molecule has 23 heavy (non-hydrogen) atoms. The van der Waals surface area contributed by atoms with Crippen molar-refractivity contribution < 1.29 is 19.0 Å². The lowest BCUT2D eigenvalue weighted by molar-refractivity contribution is 0.0532. The Labute approximate surface area is 138 Å². The summed E-state index contributed by atoms with van der Waals surface area (Å²) in [5.74, 6) is 0.443. The summed E-state index contributed by atoms with van der Waals surface area (Å²) in [6.07, 6.45) is 4.09. The van der Waals surface area contributed by atoms with Crippen molar-refractivity contribution >= 4 is 23.4 Å². The molecular weight excluding hydrogens is 312 g/mol. The zero-order valence-corrected chi connectivity index (χ0v) is 14.0. The van der Waals surface area contributed by atoms with Gasteiger partial charge in [0.05, 0.1) is 12.7 Å². The van der Waals surface area contributed by atoms with E-state index in [9.17, 15) is 4.79 Å². The van der Waals surface area contributed by atoms with E-state index < -0.39 is 5.60 Å². The van der Waals surface area contributed by atoms with Gasteiger partial charge in [-0.3, -0.25) is 0 Å². The lowest BCUT2D eigenvalue weighted by Crippen LogP contribution is -2.28. The molecule has 0 atom stereocenters. The fourth-order valence-corrected chi connectivity index (χ4v) is 3.73. The van der Waals surface area contributed by atoms with Crippen LogP contribution in [0, 0.1) is 0 Å². The van der Waals surface area contributed by atoms with E-state index in [1.54, 1.807) is 7.11 Å². The topological polar surface area (TPSA) is 44.8 Å². The molecule has 3 heterocycles.